The van der Waals surface area contributed by atoms with Crippen LogP contribution in [-0.4, -0.2) is 76.8 Å². The normalized spacial score (nSPS) is 14.3. The Labute approximate surface area is 209 Å². The number of hydrogen-bond acceptors (Lipinski definition) is 8. The Hall–Kier alpha value is -2.87. The lowest BCUT2D eigenvalue weighted by atomic mass is 10.0. The van der Waals surface area contributed by atoms with E-state index < -0.39 is 59.7 Å². The van der Waals surface area contributed by atoms with E-state index in [-0.39, 0.29) is 38.0 Å². The van der Waals surface area contributed by atoms with Crippen molar-refractivity contribution in [1.82, 2.24) is 16.0 Å². The SMILES string of the molecule is CSCCC(N)C(=O)NC(CCC(N)=O)C(=O)NC(CC(C)C)C(=O)NC(CCC(N)=O)C(=O)O. The molecule has 14 heteroatoms. The van der Waals surface area contributed by atoms with E-state index in [1.54, 1.807) is 13.8 Å². The third kappa shape index (κ3) is 14.2. The van der Waals surface area contributed by atoms with Gasteiger partial charge in [0.25, 0.3) is 0 Å². The lowest BCUT2D eigenvalue weighted by Gasteiger charge is -2.26. The molecule has 0 heterocycles. The zero-order valence-corrected chi connectivity index (χ0v) is 21.2. The molecule has 0 aromatic carbocycles. The molecule has 35 heavy (non-hydrogen) atoms. The molecule has 4 atom stereocenters. The van der Waals surface area contributed by atoms with Crippen molar-refractivity contribution >= 4 is 47.3 Å². The number of carboxylic acid groups (broad SMARTS) is 1. The second kappa shape index (κ2) is 16.7. The van der Waals surface area contributed by atoms with Crippen molar-refractivity contribution in [3.63, 3.8) is 0 Å². The molecule has 0 saturated heterocycles. The minimum absolute atomic E-state index is 0.0708. The largest absolute Gasteiger partial charge is 0.480 e. The highest BCUT2D eigenvalue weighted by Gasteiger charge is 2.31. The second-order valence-corrected chi connectivity index (χ2v) is 9.53. The Bertz CT molecular complexity index is 764. The third-order valence-corrected chi connectivity index (χ3v) is 5.56. The van der Waals surface area contributed by atoms with Crippen LogP contribution in [-0.2, 0) is 28.8 Å². The molecule has 10 N–H and O–H groups in total. The predicted octanol–water partition coefficient (Wildman–Crippen LogP) is -1.82. The summed E-state index contributed by atoms with van der Waals surface area (Å²) in [6.45, 7) is 3.59. The molecular weight excluding hydrogens is 480 g/mol. The first-order valence-corrected chi connectivity index (χ1v) is 12.6. The quantitative estimate of drug-likeness (QED) is 0.108. The van der Waals surface area contributed by atoms with Gasteiger partial charge in [0.05, 0.1) is 6.04 Å². The van der Waals surface area contributed by atoms with Crippen LogP contribution in [0.15, 0.2) is 0 Å². The third-order valence-electron chi connectivity index (χ3n) is 4.92. The van der Waals surface area contributed by atoms with Gasteiger partial charge in [-0.3, -0.25) is 24.0 Å². The lowest BCUT2D eigenvalue weighted by molar-refractivity contribution is -0.142. The second-order valence-electron chi connectivity index (χ2n) is 8.55. The Balaban J connectivity index is 5.53. The molecule has 0 spiro atoms. The summed E-state index contributed by atoms with van der Waals surface area (Å²) in [4.78, 5) is 72.0. The number of carboxylic acids is 1. The van der Waals surface area contributed by atoms with Gasteiger partial charge in [0, 0.05) is 12.8 Å². The summed E-state index contributed by atoms with van der Waals surface area (Å²) >= 11 is 1.50. The van der Waals surface area contributed by atoms with Crippen LogP contribution in [0.3, 0.4) is 0 Å². The Morgan fingerprint density at radius 2 is 1.23 bits per heavy atom. The van der Waals surface area contributed by atoms with Gasteiger partial charge in [-0.25, -0.2) is 4.79 Å². The topological polar surface area (TPSA) is 237 Å². The lowest BCUT2D eigenvalue weighted by Crippen LogP contribution is -2.57. The van der Waals surface area contributed by atoms with Crippen LogP contribution in [0.4, 0.5) is 0 Å². The number of carbonyl (C=O) groups is 6. The fourth-order valence-corrected chi connectivity index (χ4v) is 3.49. The molecule has 0 rings (SSSR count). The molecule has 5 amide bonds. The fourth-order valence-electron chi connectivity index (χ4n) is 3.00. The standard InChI is InChI=1S/C21H38N6O7S/c1-11(2)10-15(20(32)26-14(21(33)34)5-7-17(24)29)27-19(31)13(4-6-16(23)28)25-18(30)12(22)8-9-35-3/h11-15H,4-10,22H2,1-3H3,(H2,23,28)(H2,24,29)(H,25,30)(H,26,32)(H,27,31)(H,33,34). The van der Waals surface area contributed by atoms with E-state index in [1.165, 1.54) is 11.8 Å². The van der Waals surface area contributed by atoms with Gasteiger partial charge >= 0.3 is 5.97 Å². The van der Waals surface area contributed by atoms with E-state index in [1.807, 2.05) is 6.26 Å². The number of nitrogens with two attached hydrogens (primary N) is 3. The molecule has 200 valence electrons. The number of rotatable bonds is 18. The maximum absolute atomic E-state index is 13.0. The van der Waals surface area contributed by atoms with E-state index in [0.717, 1.165) is 0 Å². The summed E-state index contributed by atoms with van der Waals surface area (Å²) in [5.41, 5.74) is 16.1. The highest BCUT2D eigenvalue weighted by molar-refractivity contribution is 7.98. The first-order chi connectivity index (χ1) is 16.3. The smallest absolute Gasteiger partial charge is 0.326 e. The summed E-state index contributed by atoms with van der Waals surface area (Å²) in [6.07, 6.45) is 1.60. The van der Waals surface area contributed by atoms with Crippen LogP contribution in [0.5, 0.6) is 0 Å². The Morgan fingerprint density at radius 1 is 0.771 bits per heavy atom. The van der Waals surface area contributed by atoms with Crippen molar-refractivity contribution in [2.24, 2.45) is 23.1 Å². The first-order valence-electron chi connectivity index (χ1n) is 11.2. The van der Waals surface area contributed by atoms with Gasteiger partial charge in [0.15, 0.2) is 0 Å². The number of aliphatic carboxylic acids is 1. The van der Waals surface area contributed by atoms with Crippen molar-refractivity contribution in [1.29, 1.82) is 0 Å². The fraction of sp³-hybridized carbons (Fsp3) is 0.714. The number of nitrogens with one attached hydrogen (secondary N) is 3. The minimum atomic E-state index is -1.39. The van der Waals surface area contributed by atoms with Crippen molar-refractivity contribution < 1.29 is 33.9 Å². The first kappa shape index (κ1) is 32.1. The Kier molecular flexibility index (Phi) is 15.3. The minimum Gasteiger partial charge on any atom is -0.480 e. The van der Waals surface area contributed by atoms with Gasteiger partial charge in [-0.15, -0.1) is 0 Å². The molecule has 0 aromatic heterocycles. The van der Waals surface area contributed by atoms with Gasteiger partial charge < -0.3 is 38.3 Å². The molecule has 0 saturated carbocycles. The van der Waals surface area contributed by atoms with E-state index in [2.05, 4.69) is 16.0 Å². The summed E-state index contributed by atoms with van der Waals surface area (Å²) in [5, 5.41) is 16.7. The van der Waals surface area contributed by atoms with Crippen molar-refractivity contribution in [2.75, 3.05) is 12.0 Å². The molecule has 0 aromatic rings. The maximum atomic E-state index is 13.0. The number of thioether (sulfide) groups is 1. The molecule has 0 aliphatic heterocycles. The zero-order valence-electron chi connectivity index (χ0n) is 20.4. The van der Waals surface area contributed by atoms with Gasteiger partial charge in [0.2, 0.25) is 29.5 Å². The average Bonchev–Trinajstić information content (AvgIpc) is 2.75. The van der Waals surface area contributed by atoms with Gasteiger partial charge in [-0.1, -0.05) is 13.8 Å². The summed E-state index contributed by atoms with van der Waals surface area (Å²) in [6, 6.07) is -4.59. The number of carbonyl (C=O) groups excluding carboxylic acids is 5. The molecule has 13 nitrogen and oxygen atoms in total. The van der Waals surface area contributed by atoms with E-state index in [9.17, 15) is 33.9 Å². The summed E-state index contributed by atoms with van der Waals surface area (Å²) in [7, 11) is 0. The van der Waals surface area contributed by atoms with Crippen molar-refractivity contribution in [3.05, 3.63) is 0 Å². The molecule has 0 aliphatic carbocycles. The predicted molar refractivity (Wildman–Crippen MR) is 131 cm³/mol. The average molecular weight is 519 g/mol. The number of hydrogen-bond donors (Lipinski definition) is 7. The molecule has 0 bridgehead atoms. The van der Waals surface area contributed by atoms with Crippen molar-refractivity contribution in [3.8, 4) is 0 Å². The highest BCUT2D eigenvalue weighted by atomic mass is 32.2. The van der Waals surface area contributed by atoms with Gasteiger partial charge in [0.1, 0.15) is 18.1 Å². The van der Waals surface area contributed by atoms with Crippen LogP contribution >= 0.6 is 11.8 Å². The van der Waals surface area contributed by atoms with Crippen LogP contribution in [0, 0.1) is 5.92 Å². The Morgan fingerprint density at radius 3 is 1.69 bits per heavy atom. The van der Waals surface area contributed by atoms with Crippen LogP contribution < -0.4 is 33.2 Å². The summed E-state index contributed by atoms with van der Waals surface area (Å²) in [5.74, 6) is -4.32. The van der Waals surface area contributed by atoms with Crippen molar-refractivity contribution in [2.45, 2.75) is 76.5 Å². The monoisotopic (exact) mass is 518 g/mol. The maximum Gasteiger partial charge on any atom is 0.326 e. The molecule has 4 unspecified atom stereocenters. The molecule has 0 aliphatic rings. The van der Waals surface area contributed by atoms with Crippen LogP contribution in [0.1, 0.15) is 52.4 Å². The molecule has 0 fully saturated rings. The zero-order chi connectivity index (χ0) is 27.1. The van der Waals surface area contributed by atoms with Crippen LogP contribution in [0.2, 0.25) is 0 Å². The van der Waals surface area contributed by atoms with Gasteiger partial charge in [-0.2, -0.15) is 11.8 Å². The number of amides is 5. The number of primary amides is 2. The van der Waals surface area contributed by atoms with E-state index in [4.69, 9.17) is 17.2 Å². The van der Waals surface area contributed by atoms with E-state index >= 15 is 0 Å². The van der Waals surface area contributed by atoms with Gasteiger partial charge in [-0.05, 0) is 43.6 Å². The highest BCUT2D eigenvalue weighted by Crippen LogP contribution is 2.09. The van der Waals surface area contributed by atoms with Crippen LogP contribution in [0.25, 0.3) is 0 Å². The van der Waals surface area contributed by atoms with E-state index in [0.29, 0.717) is 12.2 Å². The molecule has 0 radical (unpaired) electrons. The molecular formula is C21H38N6O7S. The summed E-state index contributed by atoms with van der Waals surface area (Å²) < 4.78 is 0.